The third-order valence-electron chi connectivity index (χ3n) is 5.15. The number of hydrogen-bond donors (Lipinski definition) is 1. The van der Waals surface area contributed by atoms with Crippen molar-refractivity contribution in [1.29, 1.82) is 0 Å². The Kier molecular flexibility index (Phi) is 7.92. The second kappa shape index (κ2) is 11.3. The number of carbonyl (C=O) groups is 2. The van der Waals surface area contributed by atoms with Crippen LogP contribution in [0.15, 0.2) is 65.3 Å². The Balaban J connectivity index is 1.44. The molecule has 2 aromatic carbocycles. The molecule has 1 amide bonds. The van der Waals surface area contributed by atoms with Gasteiger partial charge in [-0.05, 0) is 37.1 Å². The summed E-state index contributed by atoms with van der Waals surface area (Å²) in [7, 11) is 0. The fraction of sp³-hybridized carbons (Fsp3) is 0.231. The van der Waals surface area contributed by atoms with Crippen molar-refractivity contribution < 1.29 is 14.3 Å². The van der Waals surface area contributed by atoms with Gasteiger partial charge in [0.15, 0.2) is 0 Å². The number of fused-ring (bicyclic) bond motifs is 1. The number of amides is 1. The molecule has 1 N–H and O–H groups in total. The Bertz CT molecular complexity index is 1300. The molecule has 0 radical (unpaired) electrons. The van der Waals surface area contributed by atoms with E-state index in [1.165, 1.54) is 23.7 Å². The standard InChI is InChI=1S/C26H25N3O3S2/c1-3-4-12-32-26(31)19-6-5-7-20(13-19)29-22(30)15-34-25-23-21(14-33-24(23)27-16-28-25)18-10-8-17(2)9-11-18/h5-11,13-14,16H,3-4,12,15H2,1-2H3,(H,29,30). The summed E-state index contributed by atoms with van der Waals surface area (Å²) in [4.78, 5) is 34.6. The maximum absolute atomic E-state index is 12.7. The third-order valence-corrected chi connectivity index (χ3v) is 7.03. The molecule has 4 rings (SSSR count). The number of thioether (sulfide) groups is 1. The van der Waals surface area contributed by atoms with Crippen molar-refractivity contribution in [2.45, 2.75) is 31.7 Å². The van der Waals surface area contributed by atoms with E-state index in [0.717, 1.165) is 39.2 Å². The van der Waals surface area contributed by atoms with Crippen LogP contribution < -0.4 is 5.32 Å². The Morgan fingerprint density at radius 1 is 1.12 bits per heavy atom. The smallest absolute Gasteiger partial charge is 0.338 e. The number of carbonyl (C=O) groups excluding carboxylic acids is 2. The molecular weight excluding hydrogens is 466 g/mol. The summed E-state index contributed by atoms with van der Waals surface area (Å²) in [6, 6.07) is 15.1. The van der Waals surface area contributed by atoms with Gasteiger partial charge in [0.05, 0.1) is 23.3 Å². The fourth-order valence-corrected chi connectivity index (χ4v) is 5.14. The normalized spacial score (nSPS) is 10.9. The molecule has 0 aliphatic heterocycles. The number of unbranched alkanes of at least 4 members (excludes halogenated alkanes) is 1. The minimum Gasteiger partial charge on any atom is -0.462 e. The van der Waals surface area contributed by atoms with Crippen molar-refractivity contribution in [3.8, 4) is 11.1 Å². The number of nitrogens with one attached hydrogen (secondary N) is 1. The number of anilines is 1. The number of hydrogen-bond acceptors (Lipinski definition) is 7. The number of ether oxygens (including phenoxy) is 1. The zero-order valence-corrected chi connectivity index (χ0v) is 20.7. The van der Waals surface area contributed by atoms with E-state index in [-0.39, 0.29) is 17.6 Å². The van der Waals surface area contributed by atoms with E-state index >= 15 is 0 Å². The molecule has 0 spiro atoms. The molecular formula is C26H25N3O3S2. The number of aromatic nitrogens is 2. The lowest BCUT2D eigenvalue weighted by atomic mass is 10.1. The van der Waals surface area contributed by atoms with Gasteiger partial charge in [-0.3, -0.25) is 4.79 Å². The van der Waals surface area contributed by atoms with Gasteiger partial charge in [0.25, 0.3) is 0 Å². The Morgan fingerprint density at radius 2 is 1.94 bits per heavy atom. The van der Waals surface area contributed by atoms with Crippen LogP contribution in [-0.4, -0.2) is 34.2 Å². The van der Waals surface area contributed by atoms with E-state index in [0.29, 0.717) is 17.9 Å². The number of nitrogens with zero attached hydrogens (tertiary/aromatic N) is 2. The summed E-state index contributed by atoms with van der Waals surface area (Å²) >= 11 is 2.94. The summed E-state index contributed by atoms with van der Waals surface area (Å²) in [5, 5.41) is 6.68. The minimum atomic E-state index is -0.386. The van der Waals surface area contributed by atoms with Crippen LogP contribution in [0.25, 0.3) is 21.3 Å². The van der Waals surface area contributed by atoms with Crippen LogP contribution >= 0.6 is 23.1 Å². The van der Waals surface area contributed by atoms with E-state index in [1.54, 1.807) is 35.6 Å². The molecule has 8 heteroatoms. The van der Waals surface area contributed by atoms with Gasteiger partial charge in [-0.1, -0.05) is 61.0 Å². The molecule has 0 aliphatic carbocycles. The summed E-state index contributed by atoms with van der Waals surface area (Å²) in [5.74, 6) is -0.385. The molecule has 0 fully saturated rings. The zero-order valence-electron chi connectivity index (χ0n) is 19.0. The molecule has 4 aromatic rings. The van der Waals surface area contributed by atoms with Crippen molar-refractivity contribution in [1.82, 2.24) is 9.97 Å². The van der Waals surface area contributed by atoms with Gasteiger partial charge in [-0.25, -0.2) is 14.8 Å². The summed E-state index contributed by atoms with van der Waals surface area (Å²) in [6.45, 7) is 4.49. The van der Waals surface area contributed by atoms with E-state index in [4.69, 9.17) is 4.74 Å². The molecule has 0 saturated carbocycles. The van der Waals surface area contributed by atoms with Crippen LogP contribution in [0.1, 0.15) is 35.7 Å². The van der Waals surface area contributed by atoms with Crippen LogP contribution in [0.2, 0.25) is 0 Å². The Hall–Kier alpha value is -3.23. The lowest BCUT2D eigenvalue weighted by Crippen LogP contribution is -2.15. The highest BCUT2D eigenvalue weighted by molar-refractivity contribution is 8.00. The maximum atomic E-state index is 12.7. The van der Waals surface area contributed by atoms with Gasteiger partial charge < -0.3 is 10.1 Å². The summed E-state index contributed by atoms with van der Waals surface area (Å²) < 4.78 is 5.25. The molecule has 174 valence electrons. The number of thiophene rings is 1. The molecule has 6 nitrogen and oxygen atoms in total. The summed E-state index contributed by atoms with van der Waals surface area (Å²) in [5.41, 5.74) is 4.34. The van der Waals surface area contributed by atoms with Gasteiger partial charge in [0, 0.05) is 16.6 Å². The monoisotopic (exact) mass is 491 g/mol. The predicted octanol–water partition coefficient (Wildman–Crippen LogP) is 6.35. The number of benzene rings is 2. The third kappa shape index (κ3) is 5.81. The second-order valence-corrected chi connectivity index (χ2v) is 9.60. The molecule has 0 unspecified atom stereocenters. The van der Waals surface area contributed by atoms with Gasteiger partial charge in [-0.2, -0.15) is 0 Å². The average Bonchev–Trinajstić information content (AvgIpc) is 3.28. The van der Waals surface area contributed by atoms with Crippen LogP contribution in [-0.2, 0) is 9.53 Å². The first-order chi connectivity index (χ1) is 16.5. The van der Waals surface area contributed by atoms with Crippen molar-refractivity contribution in [2.75, 3.05) is 17.7 Å². The number of aryl methyl sites for hydroxylation is 1. The molecule has 2 heterocycles. The minimum absolute atomic E-state index is 0.180. The van der Waals surface area contributed by atoms with Crippen molar-refractivity contribution in [3.05, 3.63) is 71.4 Å². The Morgan fingerprint density at radius 3 is 2.74 bits per heavy atom. The topological polar surface area (TPSA) is 81.2 Å². The van der Waals surface area contributed by atoms with Crippen LogP contribution in [0, 0.1) is 6.92 Å². The van der Waals surface area contributed by atoms with Crippen LogP contribution in [0.5, 0.6) is 0 Å². The highest BCUT2D eigenvalue weighted by Gasteiger charge is 2.15. The largest absolute Gasteiger partial charge is 0.462 e. The van der Waals surface area contributed by atoms with Crippen LogP contribution in [0.4, 0.5) is 5.69 Å². The number of esters is 1. The van der Waals surface area contributed by atoms with Gasteiger partial charge in [0.2, 0.25) is 5.91 Å². The van der Waals surface area contributed by atoms with Crippen molar-refractivity contribution >= 4 is 50.9 Å². The molecule has 0 aliphatic rings. The number of rotatable bonds is 9. The summed E-state index contributed by atoms with van der Waals surface area (Å²) in [6.07, 6.45) is 3.31. The lowest BCUT2D eigenvalue weighted by Gasteiger charge is -2.08. The zero-order chi connectivity index (χ0) is 23.9. The van der Waals surface area contributed by atoms with E-state index in [9.17, 15) is 9.59 Å². The molecule has 0 bridgehead atoms. The second-order valence-electron chi connectivity index (χ2n) is 7.78. The van der Waals surface area contributed by atoms with Gasteiger partial charge in [-0.15, -0.1) is 11.3 Å². The average molecular weight is 492 g/mol. The highest BCUT2D eigenvalue weighted by Crippen LogP contribution is 2.37. The van der Waals surface area contributed by atoms with E-state index in [1.807, 2.05) is 6.92 Å². The Labute approximate surface area is 206 Å². The van der Waals surface area contributed by atoms with Crippen molar-refractivity contribution in [2.24, 2.45) is 0 Å². The fourth-order valence-electron chi connectivity index (χ4n) is 3.35. The first-order valence-corrected chi connectivity index (χ1v) is 12.9. The molecule has 2 aromatic heterocycles. The molecule has 0 saturated heterocycles. The quantitative estimate of drug-likeness (QED) is 0.127. The van der Waals surface area contributed by atoms with Crippen molar-refractivity contribution in [3.63, 3.8) is 0 Å². The predicted molar refractivity (Wildman–Crippen MR) is 139 cm³/mol. The molecule has 34 heavy (non-hydrogen) atoms. The SMILES string of the molecule is CCCCOC(=O)c1cccc(NC(=O)CSc2ncnc3scc(-c4ccc(C)cc4)c23)c1. The first-order valence-electron chi connectivity index (χ1n) is 11.0. The van der Waals surface area contributed by atoms with Gasteiger partial charge in [0.1, 0.15) is 16.2 Å². The van der Waals surface area contributed by atoms with E-state index in [2.05, 4.69) is 51.9 Å². The van der Waals surface area contributed by atoms with Gasteiger partial charge >= 0.3 is 5.97 Å². The first kappa shape index (κ1) is 23.9. The molecule has 0 atom stereocenters. The van der Waals surface area contributed by atoms with E-state index < -0.39 is 0 Å². The van der Waals surface area contributed by atoms with Crippen LogP contribution in [0.3, 0.4) is 0 Å². The highest BCUT2D eigenvalue weighted by atomic mass is 32.2. The maximum Gasteiger partial charge on any atom is 0.338 e. The lowest BCUT2D eigenvalue weighted by molar-refractivity contribution is -0.113.